The van der Waals surface area contributed by atoms with E-state index in [2.05, 4.69) is 0 Å². The van der Waals surface area contributed by atoms with Gasteiger partial charge in [-0.1, -0.05) is 18.2 Å². The highest BCUT2D eigenvalue weighted by Gasteiger charge is 2.34. The molecule has 1 aliphatic heterocycles. The average Bonchev–Trinajstić information content (AvgIpc) is 2.99. The first-order valence-electron chi connectivity index (χ1n) is 7.46. The number of benzene rings is 1. The molecule has 2 amide bonds. The predicted octanol–water partition coefficient (Wildman–Crippen LogP) is 1.42. The fraction of sp³-hybridized carbons (Fsp3) is 0.438. The van der Waals surface area contributed by atoms with Crippen molar-refractivity contribution >= 4 is 23.7 Å². The molecule has 124 valence electrons. The molecule has 0 aliphatic carbocycles. The number of nitrogens with zero attached hydrogens (tertiary/aromatic N) is 2. The third-order valence-electron chi connectivity index (χ3n) is 3.62. The van der Waals surface area contributed by atoms with Crippen LogP contribution < -0.4 is 4.90 Å². The van der Waals surface area contributed by atoms with Crippen LogP contribution in [-0.4, -0.2) is 55.7 Å². The molecule has 7 heteroatoms. The quantitative estimate of drug-likeness (QED) is 0.738. The standard InChI is InChI=1S/C16H20N2O5/c1-3-22-15(20)13(17(2)12-7-5-4-6-8-12)11-14(19)18-9-10-23-16(18)21/h4-8,13H,3,9-11H2,1-2H3. The molecule has 1 aromatic carbocycles. The first kappa shape index (κ1) is 16.8. The van der Waals surface area contributed by atoms with E-state index in [1.54, 1.807) is 18.9 Å². The van der Waals surface area contributed by atoms with Gasteiger partial charge >= 0.3 is 12.1 Å². The molecule has 0 radical (unpaired) electrons. The van der Waals surface area contributed by atoms with Gasteiger partial charge in [0.05, 0.1) is 19.6 Å². The van der Waals surface area contributed by atoms with E-state index in [1.807, 2.05) is 30.3 Å². The molecule has 0 bridgehead atoms. The minimum atomic E-state index is -0.807. The molecule has 1 aliphatic rings. The highest BCUT2D eigenvalue weighted by molar-refractivity contribution is 5.96. The largest absolute Gasteiger partial charge is 0.464 e. The second-order valence-electron chi connectivity index (χ2n) is 5.08. The van der Waals surface area contributed by atoms with Crippen LogP contribution in [0.1, 0.15) is 13.3 Å². The first-order chi connectivity index (χ1) is 11.0. The van der Waals surface area contributed by atoms with Crippen LogP contribution in [0.4, 0.5) is 10.5 Å². The number of ether oxygens (including phenoxy) is 2. The summed E-state index contributed by atoms with van der Waals surface area (Å²) in [6.07, 6.45) is -0.820. The van der Waals surface area contributed by atoms with Crippen molar-refractivity contribution in [3.05, 3.63) is 30.3 Å². The Morgan fingerprint density at radius 3 is 2.61 bits per heavy atom. The van der Waals surface area contributed by atoms with Gasteiger partial charge in [0.2, 0.25) is 5.91 Å². The number of hydrogen-bond donors (Lipinski definition) is 0. The Morgan fingerprint density at radius 1 is 1.35 bits per heavy atom. The van der Waals surface area contributed by atoms with Gasteiger partial charge in [-0.15, -0.1) is 0 Å². The van der Waals surface area contributed by atoms with Crippen LogP contribution in [0.3, 0.4) is 0 Å². The maximum Gasteiger partial charge on any atom is 0.416 e. The van der Waals surface area contributed by atoms with E-state index in [9.17, 15) is 14.4 Å². The molecule has 0 aromatic heterocycles. The second kappa shape index (κ2) is 7.62. The number of para-hydroxylation sites is 1. The van der Waals surface area contributed by atoms with Crippen LogP contribution in [0.15, 0.2) is 30.3 Å². The summed E-state index contributed by atoms with van der Waals surface area (Å²) in [5.74, 6) is -0.951. The van der Waals surface area contributed by atoms with Crippen molar-refractivity contribution in [2.75, 3.05) is 31.7 Å². The molecule has 0 N–H and O–H groups in total. The van der Waals surface area contributed by atoms with E-state index in [4.69, 9.17) is 9.47 Å². The maximum absolute atomic E-state index is 12.3. The van der Waals surface area contributed by atoms with Crippen molar-refractivity contribution in [3.63, 3.8) is 0 Å². The Labute approximate surface area is 134 Å². The summed E-state index contributed by atoms with van der Waals surface area (Å²) in [5, 5.41) is 0. The molecular weight excluding hydrogens is 300 g/mol. The lowest BCUT2D eigenvalue weighted by Crippen LogP contribution is -2.44. The fourth-order valence-electron chi connectivity index (χ4n) is 2.36. The summed E-state index contributed by atoms with van der Waals surface area (Å²) in [7, 11) is 1.71. The van der Waals surface area contributed by atoms with Gasteiger partial charge in [0.1, 0.15) is 12.6 Å². The number of anilines is 1. The van der Waals surface area contributed by atoms with E-state index in [1.165, 1.54) is 0 Å². The topological polar surface area (TPSA) is 76.1 Å². The highest BCUT2D eigenvalue weighted by Crippen LogP contribution is 2.19. The van der Waals surface area contributed by atoms with E-state index < -0.39 is 24.0 Å². The number of carbonyl (C=O) groups excluding carboxylic acids is 3. The molecule has 1 fully saturated rings. The third-order valence-corrected chi connectivity index (χ3v) is 3.62. The van der Waals surface area contributed by atoms with E-state index in [-0.39, 0.29) is 26.2 Å². The van der Waals surface area contributed by atoms with Gasteiger partial charge in [-0.3, -0.25) is 4.79 Å². The Morgan fingerprint density at radius 2 is 2.04 bits per heavy atom. The van der Waals surface area contributed by atoms with Crippen LogP contribution in [-0.2, 0) is 19.1 Å². The Hall–Kier alpha value is -2.57. The number of likely N-dealkylation sites (N-methyl/N-ethyl adjacent to an activating group) is 1. The van der Waals surface area contributed by atoms with Gasteiger partial charge < -0.3 is 14.4 Å². The Balaban J connectivity index is 2.15. The number of esters is 1. The summed E-state index contributed by atoms with van der Waals surface area (Å²) in [6.45, 7) is 2.32. The van der Waals surface area contributed by atoms with Crippen molar-refractivity contribution in [3.8, 4) is 0 Å². The molecule has 7 nitrogen and oxygen atoms in total. The Bertz CT molecular complexity index is 575. The molecular formula is C16H20N2O5. The van der Waals surface area contributed by atoms with Crippen molar-refractivity contribution in [1.82, 2.24) is 4.90 Å². The molecule has 0 saturated carbocycles. The molecule has 1 saturated heterocycles. The lowest BCUT2D eigenvalue weighted by atomic mass is 10.1. The third kappa shape index (κ3) is 4.00. The van der Waals surface area contributed by atoms with Crippen LogP contribution in [0, 0.1) is 0 Å². The van der Waals surface area contributed by atoms with Gasteiger partial charge in [-0.05, 0) is 19.1 Å². The Kier molecular flexibility index (Phi) is 5.56. The smallest absolute Gasteiger partial charge is 0.416 e. The molecule has 1 heterocycles. The van der Waals surface area contributed by atoms with Crippen molar-refractivity contribution in [2.45, 2.75) is 19.4 Å². The monoisotopic (exact) mass is 320 g/mol. The molecule has 2 rings (SSSR count). The summed E-state index contributed by atoms with van der Waals surface area (Å²) in [6, 6.07) is 8.41. The average molecular weight is 320 g/mol. The van der Waals surface area contributed by atoms with Crippen LogP contribution in [0.5, 0.6) is 0 Å². The van der Waals surface area contributed by atoms with Crippen molar-refractivity contribution < 1.29 is 23.9 Å². The zero-order valence-electron chi connectivity index (χ0n) is 13.2. The normalized spacial score (nSPS) is 15.0. The van der Waals surface area contributed by atoms with Gasteiger partial charge in [0.25, 0.3) is 0 Å². The second-order valence-corrected chi connectivity index (χ2v) is 5.08. The highest BCUT2D eigenvalue weighted by atomic mass is 16.6. The fourth-order valence-corrected chi connectivity index (χ4v) is 2.36. The summed E-state index contributed by atoms with van der Waals surface area (Å²) < 4.78 is 9.83. The van der Waals surface area contributed by atoms with E-state index >= 15 is 0 Å². The lowest BCUT2D eigenvalue weighted by molar-refractivity contribution is -0.147. The van der Waals surface area contributed by atoms with Gasteiger partial charge in [0, 0.05) is 12.7 Å². The maximum atomic E-state index is 12.3. The molecule has 1 unspecified atom stereocenters. The minimum absolute atomic E-state index is 0.153. The summed E-state index contributed by atoms with van der Waals surface area (Å²) >= 11 is 0. The first-order valence-corrected chi connectivity index (χ1v) is 7.46. The molecule has 23 heavy (non-hydrogen) atoms. The van der Waals surface area contributed by atoms with Crippen molar-refractivity contribution in [2.24, 2.45) is 0 Å². The van der Waals surface area contributed by atoms with Crippen LogP contribution >= 0.6 is 0 Å². The summed E-state index contributed by atoms with van der Waals surface area (Å²) in [5.41, 5.74) is 0.780. The number of imide groups is 1. The molecule has 1 aromatic rings. The van der Waals surface area contributed by atoms with Gasteiger partial charge in [0.15, 0.2) is 0 Å². The number of carbonyl (C=O) groups is 3. The SMILES string of the molecule is CCOC(=O)C(CC(=O)N1CCOC1=O)N(C)c1ccccc1. The molecule has 0 spiro atoms. The van der Waals surface area contributed by atoms with Crippen LogP contribution in [0.25, 0.3) is 0 Å². The van der Waals surface area contributed by atoms with E-state index in [0.29, 0.717) is 0 Å². The van der Waals surface area contributed by atoms with E-state index in [0.717, 1.165) is 10.6 Å². The zero-order valence-corrected chi connectivity index (χ0v) is 13.2. The van der Waals surface area contributed by atoms with Gasteiger partial charge in [-0.2, -0.15) is 0 Å². The predicted molar refractivity (Wildman–Crippen MR) is 82.9 cm³/mol. The lowest BCUT2D eigenvalue weighted by Gasteiger charge is -2.28. The number of rotatable bonds is 6. The van der Waals surface area contributed by atoms with Gasteiger partial charge in [-0.25, -0.2) is 14.5 Å². The summed E-state index contributed by atoms with van der Waals surface area (Å²) in [4.78, 5) is 38.7. The number of cyclic esters (lactones) is 1. The minimum Gasteiger partial charge on any atom is -0.464 e. The van der Waals surface area contributed by atoms with Crippen molar-refractivity contribution in [1.29, 1.82) is 0 Å². The number of hydrogen-bond acceptors (Lipinski definition) is 6. The zero-order chi connectivity index (χ0) is 16.8. The molecule has 1 atom stereocenters. The number of amides is 2. The van der Waals surface area contributed by atoms with Crippen LogP contribution in [0.2, 0.25) is 0 Å².